The van der Waals surface area contributed by atoms with Crippen molar-refractivity contribution in [1.29, 1.82) is 0 Å². The van der Waals surface area contributed by atoms with Crippen LogP contribution in [0.25, 0.3) is 0 Å². The van der Waals surface area contributed by atoms with Gasteiger partial charge in [0, 0.05) is 0 Å². The molecule has 0 saturated heterocycles. The lowest BCUT2D eigenvalue weighted by atomic mass is 10.1. The number of hydrogen-bond acceptors (Lipinski definition) is 3. The van der Waals surface area contributed by atoms with Crippen LogP contribution in [0.15, 0.2) is 12.1 Å². The van der Waals surface area contributed by atoms with Crippen molar-refractivity contribution in [1.82, 2.24) is 5.32 Å². The molecule has 0 aliphatic carbocycles. The number of phenolic OH excluding ortho intramolecular Hbond substituents is 1. The van der Waals surface area contributed by atoms with E-state index in [4.69, 9.17) is 16.3 Å². The lowest BCUT2D eigenvalue weighted by Gasteiger charge is -2.10. The number of phenols is 1. The Morgan fingerprint density at radius 2 is 2.21 bits per heavy atom. The number of hydrogen-bond donors (Lipinski definition) is 2. The molecule has 0 aliphatic heterocycles. The molecule has 2 N–H and O–H groups in total. The van der Waals surface area contributed by atoms with Crippen molar-refractivity contribution in [2.24, 2.45) is 0 Å². The van der Waals surface area contributed by atoms with Crippen molar-refractivity contribution < 1.29 is 9.84 Å². The molecule has 0 bridgehead atoms. The second-order valence-electron chi connectivity index (χ2n) is 2.94. The van der Waals surface area contributed by atoms with Crippen LogP contribution in [0.3, 0.4) is 0 Å². The molecule has 1 rings (SSSR count). The second-order valence-corrected chi connectivity index (χ2v) is 3.35. The van der Waals surface area contributed by atoms with Crippen molar-refractivity contribution >= 4 is 11.6 Å². The summed E-state index contributed by atoms with van der Waals surface area (Å²) in [6.07, 6.45) is 0.746. The molecule has 0 atom stereocenters. The van der Waals surface area contributed by atoms with Crippen LogP contribution in [0.4, 0.5) is 0 Å². The first-order valence-electron chi connectivity index (χ1n) is 4.39. The van der Waals surface area contributed by atoms with E-state index >= 15 is 0 Å². The largest absolute Gasteiger partial charge is 0.504 e. The van der Waals surface area contributed by atoms with Gasteiger partial charge in [0.15, 0.2) is 11.5 Å². The second kappa shape index (κ2) is 5.08. The highest BCUT2D eigenvalue weighted by molar-refractivity contribution is 6.32. The molecule has 0 amide bonds. The van der Waals surface area contributed by atoms with Gasteiger partial charge in [0.1, 0.15) is 0 Å². The fourth-order valence-corrected chi connectivity index (χ4v) is 1.47. The van der Waals surface area contributed by atoms with E-state index in [0.29, 0.717) is 10.8 Å². The Hall–Kier alpha value is -0.930. The Labute approximate surface area is 88.7 Å². The van der Waals surface area contributed by atoms with E-state index in [2.05, 4.69) is 5.32 Å². The van der Waals surface area contributed by atoms with Crippen LogP contribution in [0.1, 0.15) is 5.56 Å². The summed E-state index contributed by atoms with van der Waals surface area (Å²) in [5.74, 6) is 0.482. The molecule has 0 heterocycles. The quantitative estimate of drug-likeness (QED) is 0.805. The number of benzene rings is 1. The molecule has 0 aromatic heterocycles. The zero-order valence-electron chi connectivity index (χ0n) is 8.30. The summed E-state index contributed by atoms with van der Waals surface area (Å²) in [6.45, 7) is 0.804. The first-order valence-corrected chi connectivity index (χ1v) is 4.77. The van der Waals surface area contributed by atoms with Crippen molar-refractivity contribution in [3.8, 4) is 11.5 Å². The van der Waals surface area contributed by atoms with Crippen molar-refractivity contribution in [2.45, 2.75) is 6.42 Å². The van der Waals surface area contributed by atoms with E-state index in [9.17, 15) is 5.11 Å². The van der Waals surface area contributed by atoms with E-state index in [-0.39, 0.29) is 5.75 Å². The molecule has 0 spiro atoms. The average Bonchev–Trinajstić information content (AvgIpc) is 2.18. The van der Waals surface area contributed by atoms with Crippen LogP contribution in [0, 0.1) is 0 Å². The number of nitrogens with one attached hydrogen (secondary N) is 1. The maximum absolute atomic E-state index is 9.76. The minimum absolute atomic E-state index is 0.134. The number of aromatic hydroxyl groups is 1. The van der Waals surface area contributed by atoms with E-state index in [1.54, 1.807) is 12.1 Å². The molecule has 14 heavy (non-hydrogen) atoms. The fourth-order valence-electron chi connectivity index (χ4n) is 1.24. The normalized spacial score (nSPS) is 10.2. The Kier molecular flexibility index (Phi) is 4.04. The predicted octanol–water partition coefficient (Wildman–Crippen LogP) is 1.82. The van der Waals surface area contributed by atoms with Crippen LogP contribution in [0.5, 0.6) is 11.5 Å². The van der Waals surface area contributed by atoms with Gasteiger partial charge in [0.2, 0.25) is 0 Å². The predicted molar refractivity (Wildman–Crippen MR) is 57.3 cm³/mol. The maximum Gasteiger partial charge on any atom is 0.179 e. The van der Waals surface area contributed by atoms with Gasteiger partial charge >= 0.3 is 0 Å². The summed E-state index contributed by atoms with van der Waals surface area (Å²) >= 11 is 5.84. The van der Waals surface area contributed by atoms with Gasteiger partial charge in [-0.2, -0.15) is 0 Å². The minimum atomic E-state index is 0.134. The Bertz CT molecular complexity index is 315. The summed E-state index contributed by atoms with van der Waals surface area (Å²) in [6, 6.07) is 3.53. The number of rotatable bonds is 4. The molecular weight excluding hydrogens is 202 g/mol. The van der Waals surface area contributed by atoms with Gasteiger partial charge in [-0.3, -0.25) is 0 Å². The molecule has 3 nitrogen and oxygen atoms in total. The highest BCUT2D eigenvalue weighted by atomic mass is 35.5. The van der Waals surface area contributed by atoms with Gasteiger partial charge in [-0.1, -0.05) is 17.7 Å². The number of methoxy groups -OCH3 is 1. The van der Waals surface area contributed by atoms with E-state index in [1.165, 1.54) is 7.11 Å². The number of ether oxygens (including phenoxy) is 1. The molecular formula is C10H14ClNO2. The third-order valence-corrected chi connectivity index (χ3v) is 2.31. The van der Waals surface area contributed by atoms with Crippen LogP contribution < -0.4 is 10.1 Å². The van der Waals surface area contributed by atoms with E-state index < -0.39 is 0 Å². The first kappa shape index (κ1) is 11.1. The van der Waals surface area contributed by atoms with Crippen molar-refractivity contribution in [3.63, 3.8) is 0 Å². The average molecular weight is 216 g/mol. The summed E-state index contributed by atoms with van der Waals surface area (Å²) in [4.78, 5) is 0. The smallest absolute Gasteiger partial charge is 0.179 e. The van der Waals surface area contributed by atoms with Crippen LogP contribution in [-0.2, 0) is 6.42 Å². The standard InChI is InChI=1S/C10H14ClNO2/c1-12-6-5-7-3-4-8(11)10(14-2)9(7)13/h3-4,12-13H,5-6H2,1-2H3. The van der Waals surface area contributed by atoms with Gasteiger partial charge in [0.25, 0.3) is 0 Å². The minimum Gasteiger partial charge on any atom is -0.504 e. The zero-order valence-corrected chi connectivity index (χ0v) is 9.06. The summed E-state index contributed by atoms with van der Waals surface area (Å²) in [5.41, 5.74) is 0.834. The summed E-state index contributed by atoms with van der Waals surface area (Å²) in [7, 11) is 3.35. The molecule has 0 radical (unpaired) electrons. The highest BCUT2D eigenvalue weighted by Gasteiger charge is 2.11. The molecule has 4 heteroatoms. The highest BCUT2D eigenvalue weighted by Crippen LogP contribution is 2.36. The van der Waals surface area contributed by atoms with Gasteiger partial charge in [0.05, 0.1) is 12.1 Å². The topological polar surface area (TPSA) is 41.5 Å². The van der Waals surface area contributed by atoms with Gasteiger partial charge < -0.3 is 15.2 Å². The number of likely N-dealkylation sites (N-methyl/N-ethyl adjacent to an activating group) is 1. The number of halogens is 1. The van der Waals surface area contributed by atoms with E-state index in [0.717, 1.165) is 18.5 Å². The van der Waals surface area contributed by atoms with Crippen LogP contribution in [0.2, 0.25) is 5.02 Å². The summed E-state index contributed by atoms with van der Waals surface area (Å²) in [5, 5.41) is 13.2. The first-order chi connectivity index (χ1) is 6.70. The molecule has 78 valence electrons. The Morgan fingerprint density at radius 3 is 2.79 bits per heavy atom. The molecule has 0 fully saturated rings. The van der Waals surface area contributed by atoms with Crippen molar-refractivity contribution in [2.75, 3.05) is 20.7 Å². The monoisotopic (exact) mass is 215 g/mol. The molecule has 0 unspecified atom stereocenters. The maximum atomic E-state index is 9.76. The molecule has 1 aromatic carbocycles. The summed E-state index contributed by atoms with van der Waals surface area (Å²) < 4.78 is 4.99. The molecule has 1 aromatic rings. The SMILES string of the molecule is CNCCc1ccc(Cl)c(OC)c1O. The van der Waals surface area contributed by atoms with Crippen molar-refractivity contribution in [3.05, 3.63) is 22.7 Å². The fraction of sp³-hybridized carbons (Fsp3) is 0.400. The lowest BCUT2D eigenvalue weighted by Crippen LogP contribution is -2.10. The van der Waals surface area contributed by atoms with Gasteiger partial charge in [-0.15, -0.1) is 0 Å². The third kappa shape index (κ3) is 2.30. The van der Waals surface area contributed by atoms with Crippen LogP contribution in [-0.4, -0.2) is 25.8 Å². The molecule has 0 aliphatic rings. The zero-order chi connectivity index (χ0) is 10.6. The Balaban J connectivity index is 2.96. The van der Waals surface area contributed by atoms with Gasteiger partial charge in [-0.05, 0) is 31.6 Å². The van der Waals surface area contributed by atoms with Gasteiger partial charge in [-0.25, -0.2) is 0 Å². The Morgan fingerprint density at radius 1 is 1.50 bits per heavy atom. The molecule has 0 saturated carbocycles. The lowest BCUT2D eigenvalue weighted by molar-refractivity contribution is 0.370. The van der Waals surface area contributed by atoms with E-state index in [1.807, 2.05) is 7.05 Å². The van der Waals surface area contributed by atoms with Crippen LogP contribution >= 0.6 is 11.6 Å². The third-order valence-electron chi connectivity index (χ3n) is 2.02.